The molecule has 0 aromatic heterocycles. The van der Waals surface area contributed by atoms with Gasteiger partial charge in [-0.2, -0.15) is 0 Å². The number of rotatable bonds is 3. The number of carbonyl (C=O) groups excluding carboxylic acids is 1. The second kappa shape index (κ2) is 6.02. The normalized spacial score (nSPS) is 17.3. The molecule has 0 saturated heterocycles. The van der Waals surface area contributed by atoms with E-state index in [1.807, 2.05) is 36.9 Å². The van der Waals surface area contributed by atoms with Crippen LogP contribution < -0.4 is 5.73 Å². The van der Waals surface area contributed by atoms with Gasteiger partial charge in [-0.1, -0.05) is 50.3 Å². The largest absolute Gasteiger partial charge is 0.337 e. The van der Waals surface area contributed by atoms with Crippen LogP contribution >= 0.6 is 0 Å². The van der Waals surface area contributed by atoms with E-state index >= 15 is 0 Å². The summed E-state index contributed by atoms with van der Waals surface area (Å²) < 4.78 is 0. The van der Waals surface area contributed by atoms with Crippen LogP contribution in [0.3, 0.4) is 0 Å². The highest BCUT2D eigenvalue weighted by atomic mass is 16.2. The maximum Gasteiger partial charge on any atom is 0.240 e. The predicted molar refractivity (Wildman–Crippen MR) is 78.4 cm³/mol. The van der Waals surface area contributed by atoms with Gasteiger partial charge in [0.2, 0.25) is 5.91 Å². The molecule has 1 aliphatic rings. The molecule has 1 aromatic rings. The molecule has 3 heteroatoms. The van der Waals surface area contributed by atoms with E-state index in [9.17, 15) is 4.79 Å². The summed E-state index contributed by atoms with van der Waals surface area (Å²) in [6, 6.07) is 9.95. The number of nitrogens with zero attached hydrogens (tertiary/aromatic N) is 1. The lowest BCUT2D eigenvalue weighted by Gasteiger charge is -2.30. The zero-order chi connectivity index (χ0) is 13.8. The monoisotopic (exact) mass is 258 g/mol. The van der Waals surface area contributed by atoms with E-state index in [1.54, 1.807) is 0 Å². The van der Waals surface area contributed by atoms with Crippen molar-refractivity contribution in [3.63, 3.8) is 0 Å². The first-order valence-corrected chi connectivity index (χ1v) is 6.88. The van der Waals surface area contributed by atoms with Crippen LogP contribution in [0.25, 0.3) is 5.57 Å². The summed E-state index contributed by atoms with van der Waals surface area (Å²) in [5.74, 6) is 0.255. The Morgan fingerprint density at radius 2 is 1.95 bits per heavy atom. The fourth-order valence-electron chi connectivity index (χ4n) is 2.28. The zero-order valence-electron chi connectivity index (χ0n) is 11.7. The fourth-order valence-corrected chi connectivity index (χ4v) is 2.28. The molecule has 0 radical (unpaired) electrons. The minimum absolute atomic E-state index is 0.0679. The molecule has 1 aliphatic heterocycles. The topological polar surface area (TPSA) is 46.3 Å². The van der Waals surface area contributed by atoms with Crippen LogP contribution in [0.5, 0.6) is 0 Å². The molecule has 1 atom stereocenters. The quantitative estimate of drug-likeness (QED) is 0.904. The van der Waals surface area contributed by atoms with Gasteiger partial charge < -0.3 is 10.6 Å². The van der Waals surface area contributed by atoms with Crippen LogP contribution in [0.1, 0.15) is 25.8 Å². The Bertz CT molecular complexity index is 465. The first-order valence-electron chi connectivity index (χ1n) is 6.88. The molecule has 1 aromatic carbocycles. The molecule has 1 heterocycles. The highest BCUT2D eigenvalue weighted by molar-refractivity contribution is 5.83. The predicted octanol–water partition coefficient (Wildman–Crippen LogP) is 2.29. The summed E-state index contributed by atoms with van der Waals surface area (Å²) >= 11 is 0. The number of benzene rings is 1. The molecule has 2 rings (SSSR count). The van der Waals surface area contributed by atoms with Crippen molar-refractivity contribution >= 4 is 11.5 Å². The molecule has 2 N–H and O–H groups in total. The molecular weight excluding hydrogens is 236 g/mol. The SMILES string of the molecule is CC(C)C(N)C(=O)N1CC=C(c2ccccc2)CC1. The van der Waals surface area contributed by atoms with Crippen LogP contribution in [0.2, 0.25) is 0 Å². The second-order valence-electron chi connectivity index (χ2n) is 5.40. The lowest BCUT2D eigenvalue weighted by atomic mass is 9.98. The number of amides is 1. The van der Waals surface area contributed by atoms with E-state index in [2.05, 4.69) is 18.2 Å². The number of carbonyl (C=O) groups is 1. The number of hydrogen-bond acceptors (Lipinski definition) is 2. The Balaban J connectivity index is 2.02. The summed E-state index contributed by atoms with van der Waals surface area (Å²) in [4.78, 5) is 14.0. The van der Waals surface area contributed by atoms with Crippen molar-refractivity contribution in [3.05, 3.63) is 42.0 Å². The molecule has 0 aliphatic carbocycles. The van der Waals surface area contributed by atoms with Crippen LogP contribution in [0, 0.1) is 5.92 Å². The Morgan fingerprint density at radius 3 is 2.47 bits per heavy atom. The molecule has 1 unspecified atom stereocenters. The van der Waals surface area contributed by atoms with Crippen molar-refractivity contribution in [1.29, 1.82) is 0 Å². The molecule has 0 spiro atoms. The number of hydrogen-bond donors (Lipinski definition) is 1. The standard InChI is InChI=1S/C16H22N2O/c1-12(2)15(17)16(19)18-10-8-14(9-11-18)13-6-4-3-5-7-13/h3-8,12,15H,9-11,17H2,1-2H3. The molecule has 0 fully saturated rings. The van der Waals surface area contributed by atoms with Crippen molar-refractivity contribution in [3.8, 4) is 0 Å². The average molecular weight is 258 g/mol. The summed E-state index contributed by atoms with van der Waals surface area (Å²) in [7, 11) is 0. The minimum Gasteiger partial charge on any atom is -0.337 e. The van der Waals surface area contributed by atoms with E-state index in [1.165, 1.54) is 11.1 Å². The Kier molecular flexibility index (Phi) is 4.38. The van der Waals surface area contributed by atoms with Gasteiger partial charge in [0.25, 0.3) is 0 Å². The van der Waals surface area contributed by atoms with Gasteiger partial charge in [-0.05, 0) is 23.5 Å². The highest BCUT2D eigenvalue weighted by Crippen LogP contribution is 2.22. The van der Waals surface area contributed by atoms with Crippen molar-refractivity contribution in [2.75, 3.05) is 13.1 Å². The van der Waals surface area contributed by atoms with E-state index in [-0.39, 0.29) is 17.9 Å². The fraction of sp³-hybridized carbons (Fsp3) is 0.438. The van der Waals surface area contributed by atoms with Crippen molar-refractivity contribution < 1.29 is 4.79 Å². The van der Waals surface area contributed by atoms with Gasteiger partial charge in [0, 0.05) is 13.1 Å². The molecule has 102 valence electrons. The minimum atomic E-state index is -0.383. The van der Waals surface area contributed by atoms with Crippen LogP contribution in [-0.4, -0.2) is 29.9 Å². The molecule has 3 nitrogen and oxygen atoms in total. The van der Waals surface area contributed by atoms with Crippen LogP contribution in [0.4, 0.5) is 0 Å². The zero-order valence-corrected chi connectivity index (χ0v) is 11.7. The van der Waals surface area contributed by atoms with Crippen molar-refractivity contribution in [2.45, 2.75) is 26.3 Å². The maximum absolute atomic E-state index is 12.2. The molecule has 0 saturated carbocycles. The Labute approximate surface area is 115 Å². The lowest BCUT2D eigenvalue weighted by Crippen LogP contribution is -2.47. The van der Waals surface area contributed by atoms with E-state index < -0.39 is 0 Å². The summed E-state index contributed by atoms with van der Waals surface area (Å²) in [5, 5.41) is 0. The van der Waals surface area contributed by atoms with Gasteiger partial charge in [-0.25, -0.2) is 0 Å². The van der Waals surface area contributed by atoms with E-state index in [0.29, 0.717) is 6.54 Å². The van der Waals surface area contributed by atoms with E-state index in [0.717, 1.165) is 13.0 Å². The van der Waals surface area contributed by atoms with Crippen LogP contribution in [-0.2, 0) is 4.79 Å². The van der Waals surface area contributed by atoms with Crippen molar-refractivity contribution in [2.24, 2.45) is 11.7 Å². The molecule has 0 bridgehead atoms. The first kappa shape index (κ1) is 13.8. The van der Waals surface area contributed by atoms with Gasteiger partial charge >= 0.3 is 0 Å². The molecule has 1 amide bonds. The Hall–Kier alpha value is -1.61. The smallest absolute Gasteiger partial charge is 0.240 e. The third kappa shape index (κ3) is 3.24. The summed E-state index contributed by atoms with van der Waals surface area (Å²) in [6.07, 6.45) is 3.05. The third-order valence-corrected chi connectivity index (χ3v) is 3.67. The van der Waals surface area contributed by atoms with Gasteiger partial charge in [-0.3, -0.25) is 4.79 Å². The first-order chi connectivity index (χ1) is 9.09. The second-order valence-corrected chi connectivity index (χ2v) is 5.40. The van der Waals surface area contributed by atoms with Gasteiger partial charge in [-0.15, -0.1) is 0 Å². The maximum atomic E-state index is 12.2. The van der Waals surface area contributed by atoms with Gasteiger partial charge in [0.1, 0.15) is 0 Å². The van der Waals surface area contributed by atoms with Crippen LogP contribution in [0.15, 0.2) is 36.4 Å². The molecule has 19 heavy (non-hydrogen) atoms. The van der Waals surface area contributed by atoms with E-state index in [4.69, 9.17) is 5.73 Å². The lowest BCUT2D eigenvalue weighted by molar-refractivity contribution is -0.133. The molecular formula is C16H22N2O. The highest BCUT2D eigenvalue weighted by Gasteiger charge is 2.24. The van der Waals surface area contributed by atoms with Gasteiger partial charge in [0.05, 0.1) is 6.04 Å². The Morgan fingerprint density at radius 1 is 1.26 bits per heavy atom. The summed E-state index contributed by atoms with van der Waals surface area (Å²) in [5.41, 5.74) is 8.50. The van der Waals surface area contributed by atoms with Crippen molar-refractivity contribution in [1.82, 2.24) is 4.90 Å². The average Bonchev–Trinajstić information content (AvgIpc) is 2.46. The van der Waals surface area contributed by atoms with Gasteiger partial charge in [0.15, 0.2) is 0 Å². The summed E-state index contributed by atoms with van der Waals surface area (Å²) in [6.45, 7) is 5.40. The third-order valence-electron chi connectivity index (χ3n) is 3.67. The number of nitrogens with two attached hydrogens (primary N) is 1.